The second kappa shape index (κ2) is 5.76. The number of nitrogens with one attached hydrogen (secondary N) is 1. The highest BCUT2D eigenvalue weighted by molar-refractivity contribution is 7.14. The highest BCUT2D eigenvalue weighted by Crippen LogP contribution is 2.30. The Labute approximate surface area is 125 Å². The van der Waals surface area contributed by atoms with Crippen LogP contribution in [0, 0.1) is 0 Å². The number of nitrogens with zero attached hydrogens (tertiary/aromatic N) is 2. The van der Waals surface area contributed by atoms with Crippen molar-refractivity contribution in [2.45, 2.75) is 26.3 Å². The van der Waals surface area contributed by atoms with Gasteiger partial charge in [-0.3, -0.25) is 0 Å². The molecule has 0 amide bonds. The van der Waals surface area contributed by atoms with Crippen LogP contribution in [0.4, 0.5) is 5.13 Å². The molecule has 0 radical (unpaired) electrons. The molecule has 0 fully saturated rings. The van der Waals surface area contributed by atoms with E-state index in [1.54, 1.807) is 28.9 Å². The predicted octanol–water partition coefficient (Wildman–Crippen LogP) is 4.74. The van der Waals surface area contributed by atoms with Crippen molar-refractivity contribution in [1.82, 2.24) is 9.97 Å². The zero-order valence-electron chi connectivity index (χ0n) is 11.3. The Kier molecular flexibility index (Phi) is 3.84. The van der Waals surface area contributed by atoms with E-state index in [9.17, 15) is 0 Å². The summed E-state index contributed by atoms with van der Waals surface area (Å²) in [5, 5.41) is 9.26. The minimum absolute atomic E-state index is 0.433. The number of aromatic nitrogens is 2. The summed E-state index contributed by atoms with van der Waals surface area (Å²) < 4.78 is 5.36. The van der Waals surface area contributed by atoms with E-state index in [4.69, 9.17) is 4.42 Å². The van der Waals surface area contributed by atoms with Crippen molar-refractivity contribution in [3.63, 3.8) is 0 Å². The molecule has 3 rings (SSSR count). The molecule has 0 aliphatic heterocycles. The number of anilines is 1. The lowest BCUT2D eigenvalue weighted by Gasteiger charge is -2.08. The topological polar surface area (TPSA) is 51.0 Å². The van der Waals surface area contributed by atoms with Gasteiger partial charge in [-0.25, -0.2) is 9.97 Å². The Balaban J connectivity index is 1.80. The Morgan fingerprint density at radius 2 is 2.05 bits per heavy atom. The molecule has 1 N–H and O–H groups in total. The lowest BCUT2D eigenvalue weighted by atomic mass is 10.3. The quantitative estimate of drug-likeness (QED) is 0.740. The van der Waals surface area contributed by atoms with Crippen LogP contribution in [0.15, 0.2) is 33.6 Å². The van der Waals surface area contributed by atoms with E-state index >= 15 is 0 Å². The van der Waals surface area contributed by atoms with Crippen LogP contribution in [0.5, 0.6) is 0 Å². The molecule has 0 aliphatic rings. The van der Waals surface area contributed by atoms with E-state index in [2.05, 4.69) is 29.1 Å². The number of hydrogen-bond donors (Lipinski definition) is 1. The van der Waals surface area contributed by atoms with Crippen molar-refractivity contribution >= 4 is 27.8 Å². The first kappa shape index (κ1) is 13.3. The third kappa shape index (κ3) is 2.76. The van der Waals surface area contributed by atoms with E-state index in [1.807, 2.05) is 22.9 Å². The zero-order valence-corrected chi connectivity index (χ0v) is 12.9. The largest absolute Gasteiger partial charge is 0.462 e. The summed E-state index contributed by atoms with van der Waals surface area (Å²) >= 11 is 3.18. The van der Waals surface area contributed by atoms with Gasteiger partial charge < -0.3 is 9.73 Å². The van der Waals surface area contributed by atoms with Crippen molar-refractivity contribution in [3.8, 4) is 22.2 Å². The molecular weight excluding hydrogens is 290 g/mol. The van der Waals surface area contributed by atoms with Crippen LogP contribution in [0.3, 0.4) is 0 Å². The molecule has 1 atom stereocenters. The van der Waals surface area contributed by atoms with Gasteiger partial charge in [-0.1, -0.05) is 6.92 Å². The van der Waals surface area contributed by atoms with Crippen LogP contribution in [-0.4, -0.2) is 16.0 Å². The summed E-state index contributed by atoms with van der Waals surface area (Å²) in [6.07, 6.45) is 2.74. The first-order chi connectivity index (χ1) is 9.76. The van der Waals surface area contributed by atoms with Gasteiger partial charge in [-0.15, -0.1) is 22.7 Å². The Hall–Kier alpha value is -1.66. The molecule has 3 aromatic heterocycles. The monoisotopic (exact) mass is 305 g/mol. The molecule has 104 valence electrons. The van der Waals surface area contributed by atoms with Crippen LogP contribution in [0.25, 0.3) is 22.2 Å². The SMILES string of the molecule is CCC(C)Nc1nc(-c2csc(-c3ccco3)n2)cs1. The van der Waals surface area contributed by atoms with Crippen molar-refractivity contribution in [1.29, 1.82) is 0 Å². The third-order valence-corrected chi connectivity index (χ3v) is 4.62. The summed E-state index contributed by atoms with van der Waals surface area (Å²) in [5.41, 5.74) is 1.81. The van der Waals surface area contributed by atoms with E-state index in [1.165, 1.54) is 0 Å². The summed E-state index contributed by atoms with van der Waals surface area (Å²) in [6, 6.07) is 4.22. The Bertz CT molecular complexity index is 672. The van der Waals surface area contributed by atoms with Crippen molar-refractivity contribution in [2.24, 2.45) is 0 Å². The lowest BCUT2D eigenvalue weighted by molar-refractivity contribution is 0.582. The Morgan fingerprint density at radius 3 is 2.80 bits per heavy atom. The molecule has 0 bridgehead atoms. The fourth-order valence-corrected chi connectivity index (χ4v) is 3.27. The van der Waals surface area contributed by atoms with Gasteiger partial charge in [0, 0.05) is 16.8 Å². The first-order valence-electron chi connectivity index (χ1n) is 6.48. The normalized spacial score (nSPS) is 12.5. The first-order valence-corrected chi connectivity index (χ1v) is 8.24. The molecule has 0 spiro atoms. The van der Waals surface area contributed by atoms with Gasteiger partial charge in [0.15, 0.2) is 15.9 Å². The highest BCUT2D eigenvalue weighted by atomic mass is 32.1. The molecule has 0 aliphatic carbocycles. The Morgan fingerprint density at radius 1 is 1.25 bits per heavy atom. The zero-order chi connectivity index (χ0) is 13.9. The van der Waals surface area contributed by atoms with Crippen molar-refractivity contribution in [3.05, 3.63) is 29.2 Å². The number of furan rings is 1. The number of thiazole rings is 2. The van der Waals surface area contributed by atoms with Crippen LogP contribution in [0.2, 0.25) is 0 Å². The maximum Gasteiger partial charge on any atom is 0.183 e. The van der Waals surface area contributed by atoms with Crippen LogP contribution < -0.4 is 5.32 Å². The minimum atomic E-state index is 0.433. The average molecular weight is 305 g/mol. The van der Waals surface area contributed by atoms with Gasteiger partial charge >= 0.3 is 0 Å². The van der Waals surface area contributed by atoms with Gasteiger partial charge in [-0.05, 0) is 25.5 Å². The second-order valence-electron chi connectivity index (χ2n) is 4.51. The summed E-state index contributed by atoms with van der Waals surface area (Å²) in [5.74, 6) is 0.800. The van der Waals surface area contributed by atoms with Gasteiger partial charge in [-0.2, -0.15) is 0 Å². The van der Waals surface area contributed by atoms with E-state index in [-0.39, 0.29) is 0 Å². The smallest absolute Gasteiger partial charge is 0.183 e. The summed E-state index contributed by atoms with van der Waals surface area (Å²) in [4.78, 5) is 9.16. The fraction of sp³-hybridized carbons (Fsp3) is 0.286. The molecule has 3 heterocycles. The molecule has 0 saturated carbocycles. The molecule has 0 saturated heterocycles. The van der Waals surface area contributed by atoms with Crippen molar-refractivity contribution < 1.29 is 4.42 Å². The van der Waals surface area contributed by atoms with Gasteiger partial charge in [0.25, 0.3) is 0 Å². The number of rotatable bonds is 5. The number of hydrogen-bond acceptors (Lipinski definition) is 6. The molecule has 4 nitrogen and oxygen atoms in total. The van der Waals surface area contributed by atoms with Crippen molar-refractivity contribution in [2.75, 3.05) is 5.32 Å². The third-order valence-electron chi connectivity index (χ3n) is 2.99. The summed E-state index contributed by atoms with van der Waals surface area (Å²) in [6.45, 7) is 4.31. The van der Waals surface area contributed by atoms with Gasteiger partial charge in [0.2, 0.25) is 0 Å². The molecule has 1 unspecified atom stereocenters. The van der Waals surface area contributed by atoms with E-state index < -0.39 is 0 Å². The second-order valence-corrected chi connectivity index (χ2v) is 6.22. The minimum Gasteiger partial charge on any atom is -0.462 e. The molecule has 0 aromatic carbocycles. The maximum absolute atomic E-state index is 5.36. The van der Waals surface area contributed by atoms with Crippen LogP contribution >= 0.6 is 22.7 Å². The van der Waals surface area contributed by atoms with Crippen LogP contribution in [0.1, 0.15) is 20.3 Å². The van der Waals surface area contributed by atoms with E-state index in [0.717, 1.165) is 33.7 Å². The molecular formula is C14H15N3OS2. The van der Waals surface area contributed by atoms with Gasteiger partial charge in [0.1, 0.15) is 11.4 Å². The molecule has 20 heavy (non-hydrogen) atoms. The van der Waals surface area contributed by atoms with Crippen LogP contribution in [-0.2, 0) is 0 Å². The summed E-state index contributed by atoms with van der Waals surface area (Å²) in [7, 11) is 0. The highest BCUT2D eigenvalue weighted by Gasteiger charge is 2.12. The predicted molar refractivity (Wildman–Crippen MR) is 84.3 cm³/mol. The lowest BCUT2D eigenvalue weighted by Crippen LogP contribution is -2.12. The fourth-order valence-electron chi connectivity index (χ4n) is 1.68. The average Bonchev–Trinajstić information content (AvgIpc) is 3.18. The van der Waals surface area contributed by atoms with Gasteiger partial charge in [0.05, 0.1) is 6.26 Å². The maximum atomic E-state index is 5.36. The molecule has 3 aromatic rings. The van der Waals surface area contributed by atoms with E-state index in [0.29, 0.717) is 6.04 Å². The molecule has 6 heteroatoms. The standard InChI is InChI=1S/C14H15N3OS2/c1-3-9(2)15-14-17-11(8-20-14)10-7-19-13(16-10)12-5-4-6-18-12/h4-9H,3H2,1-2H3,(H,15,17).